The molecule has 0 unspecified atom stereocenters. The van der Waals surface area contributed by atoms with E-state index in [2.05, 4.69) is 35.5 Å². The summed E-state index contributed by atoms with van der Waals surface area (Å²) in [5, 5.41) is 4.68. The van der Waals surface area contributed by atoms with Crippen LogP contribution in [-0.4, -0.2) is 47.5 Å². The summed E-state index contributed by atoms with van der Waals surface area (Å²) in [5.74, 6) is 0. The van der Waals surface area contributed by atoms with Crippen molar-refractivity contribution < 1.29 is 4.74 Å². The predicted molar refractivity (Wildman–Crippen MR) is 73.0 cm³/mol. The molecule has 0 saturated carbocycles. The zero-order valence-electron chi connectivity index (χ0n) is 11.9. The van der Waals surface area contributed by atoms with Crippen molar-refractivity contribution in [3.05, 3.63) is 17.0 Å². The Bertz CT molecular complexity index is 381. The average molecular weight is 251 g/mol. The maximum Gasteiger partial charge on any atom is 0.0653 e. The molecule has 0 N–H and O–H groups in total. The number of nitrogens with zero attached hydrogens (tertiary/aromatic N) is 3. The Labute approximate surface area is 110 Å². The van der Waals surface area contributed by atoms with Gasteiger partial charge in [-0.25, -0.2) is 0 Å². The highest BCUT2D eigenvalue weighted by molar-refractivity contribution is 5.23. The fraction of sp³-hybridized carbons (Fsp3) is 0.786. The van der Waals surface area contributed by atoms with Crippen LogP contribution in [0.25, 0.3) is 0 Å². The van der Waals surface area contributed by atoms with Gasteiger partial charge in [-0.3, -0.25) is 9.58 Å². The van der Waals surface area contributed by atoms with Gasteiger partial charge in [-0.1, -0.05) is 6.92 Å². The van der Waals surface area contributed by atoms with E-state index >= 15 is 0 Å². The van der Waals surface area contributed by atoms with Crippen molar-refractivity contribution in [2.45, 2.75) is 40.2 Å². The van der Waals surface area contributed by atoms with Gasteiger partial charge in [0.05, 0.1) is 18.9 Å². The fourth-order valence-corrected chi connectivity index (χ4v) is 2.52. The highest BCUT2D eigenvalue weighted by atomic mass is 16.5. The molecule has 1 aromatic rings. The van der Waals surface area contributed by atoms with Crippen molar-refractivity contribution >= 4 is 0 Å². The van der Waals surface area contributed by atoms with Crippen LogP contribution in [0, 0.1) is 13.8 Å². The van der Waals surface area contributed by atoms with Gasteiger partial charge in [-0.05, 0) is 32.3 Å². The van der Waals surface area contributed by atoms with Gasteiger partial charge in [0.15, 0.2) is 0 Å². The number of hydrogen-bond acceptors (Lipinski definition) is 3. The first-order chi connectivity index (χ1) is 8.72. The summed E-state index contributed by atoms with van der Waals surface area (Å²) in [6, 6.07) is 0. The highest BCUT2D eigenvalue weighted by Gasteiger charge is 2.11. The number of morpholine rings is 1. The molecule has 1 aromatic heterocycles. The third kappa shape index (κ3) is 3.12. The first-order valence-electron chi connectivity index (χ1n) is 7.05. The average Bonchev–Trinajstić information content (AvgIpc) is 2.68. The minimum atomic E-state index is 0.889. The minimum Gasteiger partial charge on any atom is -0.379 e. The molecule has 0 radical (unpaired) electrons. The Balaban J connectivity index is 1.82. The molecule has 0 aromatic carbocycles. The number of aromatic nitrogens is 2. The maximum absolute atomic E-state index is 5.36. The van der Waals surface area contributed by atoms with Crippen LogP contribution in [0.3, 0.4) is 0 Å². The topological polar surface area (TPSA) is 30.3 Å². The Hall–Kier alpha value is -0.870. The first-order valence-corrected chi connectivity index (χ1v) is 7.05. The van der Waals surface area contributed by atoms with Gasteiger partial charge in [-0.15, -0.1) is 0 Å². The van der Waals surface area contributed by atoms with Gasteiger partial charge in [0, 0.05) is 31.9 Å². The van der Waals surface area contributed by atoms with Crippen molar-refractivity contribution in [1.82, 2.24) is 14.7 Å². The summed E-state index contributed by atoms with van der Waals surface area (Å²) < 4.78 is 7.53. The van der Waals surface area contributed by atoms with Gasteiger partial charge in [0.25, 0.3) is 0 Å². The van der Waals surface area contributed by atoms with Crippen LogP contribution in [0.4, 0.5) is 0 Å². The largest absolute Gasteiger partial charge is 0.379 e. The summed E-state index contributed by atoms with van der Waals surface area (Å²) >= 11 is 0. The van der Waals surface area contributed by atoms with Crippen LogP contribution in [0.1, 0.15) is 30.3 Å². The molecule has 1 fully saturated rings. The van der Waals surface area contributed by atoms with Crippen LogP contribution in [0.5, 0.6) is 0 Å². The molecule has 1 aliphatic rings. The number of aryl methyl sites for hydroxylation is 2. The van der Waals surface area contributed by atoms with Gasteiger partial charge in [0.2, 0.25) is 0 Å². The van der Waals surface area contributed by atoms with E-state index in [1.54, 1.807) is 0 Å². The lowest BCUT2D eigenvalue weighted by molar-refractivity contribution is 0.0368. The van der Waals surface area contributed by atoms with Crippen LogP contribution < -0.4 is 0 Å². The lowest BCUT2D eigenvalue weighted by atomic mass is 10.2. The molecular formula is C14H25N3O. The molecule has 4 heteroatoms. The minimum absolute atomic E-state index is 0.889. The Morgan fingerprint density at radius 3 is 2.50 bits per heavy atom. The monoisotopic (exact) mass is 251 g/mol. The molecule has 1 aliphatic heterocycles. The molecule has 0 aliphatic carbocycles. The van der Waals surface area contributed by atoms with Crippen LogP contribution >= 0.6 is 0 Å². The summed E-state index contributed by atoms with van der Waals surface area (Å²) in [6.07, 6.45) is 2.20. The van der Waals surface area contributed by atoms with E-state index < -0.39 is 0 Å². The second-order valence-electron chi connectivity index (χ2n) is 5.04. The summed E-state index contributed by atoms with van der Waals surface area (Å²) in [6.45, 7) is 12.7. The normalized spacial score (nSPS) is 17.3. The smallest absolute Gasteiger partial charge is 0.0653 e. The van der Waals surface area contributed by atoms with E-state index in [0.717, 1.165) is 45.8 Å². The van der Waals surface area contributed by atoms with Crippen LogP contribution in [0.2, 0.25) is 0 Å². The van der Waals surface area contributed by atoms with Gasteiger partial charge >= 0.3 is 0 Å². The molecule has 102 valence electrons. The zero-order chi connectivity index (χ0) is 13.0. The second kappa shape index (κ2) is 6.34. The van der Waals surface area contributed by atoms with E-state index in [1.165, 1.54) is 23.4 Å². The fourth-order valence-electron chi connectivity index (χ4n) is 2.52. The van der Waals surface area contributed by atoms with Crippen molar-refractivity contribution in [3.63, 3.8) is 0 Å². The molecule has 2 rings (SSSR count). The predicted octanol–water partition coefficient (Wildman–Crippen LogP) is 1.78. The van der Waals surface area contributed by atoms with E-state index in [-0.39, 0.29) is 0 Å². The van der Waals surface area contributed by atoms with Gasteiger partial charge in [-0.2, -0.15) is 5.10 Å². The second-order valence-corrected chi connectivity index (χ2v) is 5.04. The molecule has 0 bridgehead atoms. The lowest BCUT2D eigenvalue weighted by Gasteiger charge is -2.26. The SMILES string of the molecule is CCc1nn(CCCN2CCOCC2)c(C)c1C. The van der Waals surface area contributed by atoms with E-state index in [0.29, 0.717) is 0 Å². The molecule has 4 nitrogen and oxygen atoms in total. The molecule has 18 heavy (non-hydrogen) atoms. The van der Waals surface area contributed by atoms with E-state index in [9.17, 15) is 0 Å². The zero-order valence-corrected chi connectivity index (χ0v) is 11.9. The summed E-state index contributed by atoms with van der Waals surface area (Å²) in [5.41, 5.74) is 3.94. The summed E-state index contributed by atoms with van der Waals surface area (Å²) in [7, 11) is 0. The molecule has 2 heterocycles. The highest BCUT2D eigenvalue weighted by Crippen LogP contribution is 2.13. The van der Waals surface area contributed by atoms with Crippen molar-refractivity contribution in [2.75, 3.05) is 32.8 Å². The lowest BCUT2D eigenvalue weighted by Crippen LogP contribution is -2.37. The van der Waals surface area contributed by atoms with Crippen molar-refractivity contribution in [3.8, 4) is 0 Å². The molecular weight excluding hydrogens is 226 g/mol. The van der Waals surface area contributed by atoms with Crippen LogP contribution in [0.15, 0.2) is 0 Å². The molecule has 0 amide bonds. The van der Waals surface area contributed by atoms with E-state index in [1.807, 2.05) is 0 Å². The number of hydrogen-bond donors (Lipinski definition) is 0. The quantitative estimate of drug-likeness (QED) is 0.799. The Morgan fingerprint density at radius 1 is 1.17 bits per heavy atom. The Morgan fingerprint density at radius 2 is 1.89 bits per heavy atom. The van der Waals surface area contributed by atoms with Gasteiger partial charge < -0.3 is 4.74 Å². The maximum atomic E-state index is 5.36. The molecule has 1 saturated heterocycles. The third-order valence-electron chi connectivity index (χ3n) is 3.89. The van der Waals surface area contributed by atoms with Crippen molar-refractivity contribution in [2.24, 2.45) is 0 Å². The number of rotatable bonds is 5. The molecule has 0 atom stereocenters. The van der Waals surface area contributed by atoms with Crippen molar-refractivity contribution in [1.29, 1.82) is 0 Å². The standard InChI is InChI=1S/C14H25N3O/c1-4-14-12(2)13(3)17(15-14)7-5-6-16-8-10-18-11-9-16/h4-11H2,1-3H3. The van der Waals surface area contributed by atoms with E-state index in [4.69, 9.17) is 4.74 Å². The number of ether oxygens (including phenoxy) is 1. The first kappa shape index (κ1) is 13.6. The third-order valence-corrected chi connectivity index (χ3v) is 3.89. The van der Waals surface area contributed by atoms with Gasteiger partial charge in [0.1, 0.15) is 0 Å². The molecule has 0 spiro atoms. The van der Waals surface area contributed by atoms with Crippen LogP contribution in [-0.2, 0) is 17.7 Å². The summed E-state index contributed by atoms with van der Waals surface area (Å²) in [4.78, 5) is 2.48. The Kier molecular flexibility index (Phi) is 4.78.